The van der Waals surface area contributed by atoms with Gasteiger partial charge in [0.1, 0.15) is 0 Å². The molecule has 0 radical (unpaired) electrons. The Morgan fingerprint density at radius 1 is 0.404 bits per heavy atom. The van der Waals surface area contributed by atoms with E-state index in [1.165, 1.54) is 24.2 Å². The maximum absolute atomic E-state index is 13.8. The summed E-state index contributed by atoms with van der Waals surface area (Å²) >= 11 is 0. The summed E-state index contributed by atoms with van der Waals surface area (Å²) in [7, 11) is 0. The minimum atomic E-state index is -0.204. The molecular weight excluding hydrogens is 705 g/mol. The van der Waals surface area contributed by atoms with Gasteiger partial charge in [0.2, 0.25) is 0 Å². The first kappa shape index (κ1) is 38.0. The highest BCUT2D eigenvalue weighted by atomic mass is 16.2. The zero-order valence-corrected chi connectivity index (χ0v) is 33.1. The van der Waals surface area contributed by atoms with Gasteiger partial charge >= 0.3 is 0 Å². The summed E-state index contributed by atoms with van der Waals surface area (Å²) in [6, 6.07) is 36.2. The zero-order valence-electron chi connectivity index (χ0n) is 33.1. The second-order valence-electron chi connectivity index (χ2n) is 15.7. The minimum Gasteiger partial charge on any atom is -0.331 e. The van der Waals surface area contributed by atoms with Crippen molar-refractivity contribution in [1.82, 2.24) is 9.80 Å². The van der Waals surface area contributed by atoms with Gasteiger partial charge in [-0.25, -0.2) is 0 Å². The Labute approximate surface area is 335 Å². The number of rotatable bonds is 15. The van der Waals surface area contributed by atoms with Crippen molar-refractivity contribution in [3.05, 3.63) is 131 Å². The average molecular weight is 755 g/mol. The molecule has 2 heterocycles. The molecule has 6 aromatic carbocycles. The molecule has 288 valence electrons. The van der Waals surface area contributed by atoms with Crippen molar-refractivity contribution in [2.45, 2.75) is 78.1 Å². The fourth-order valence-electron chi connectivity index (χ4n) is 8.82. The molecule has 8 rings (SSSR count). The molecule has 0 aromatic heterocycles. The first-order valence-electron chi connectivity index (χ1n) is 20.9. The molecular formula is C51H50N2O4. The zero-order chi connectivity index (χ0) is 39.5. The fourth-order valence-corrected chi connectivity index (χ4v) is 8.82. The molecule has 0 N–H and O–H groups in total. The Bertz CT molecular complexity index is 2480. The second kappa shape index (κ2) is 16.7. The lowest BCUT2D eigenvalue weighted by Gasteiger charge is -2.28. The summed E-state index contributed by atoms with van der Waals surface area (Å²) in [6.45, 7) is 5.53. The van der Waals surface area contributed by atoms with Crippen LogP contribution in [-0.2, 0) is 0 Å². The van der Waals surface area contributed by atoms with Crippen molar-refractivity contribution in [3.63, 3.8) is 0 Å². The van der Waals surface area contributed by atoms with Gasteiger partial charge in [-0.05, 0) is 75.2 Å². The summed E-state index contributed by atoms with van der Waals surface area (Å²) in [6.07, 6.45) is 10.7. The Balaban J connectivity index is 1.03. The lowest BCUT2D eigenvalue weighted by molar-refractivity contribution is 0.0607. The topological polar surface area (TPSA) is 74.8 Å². The van der Waals surface area contributed by atoms with E-state index in [2.05, 4.69) is 62.4 Å². The number of Topliss-reactive ketones (excluding diaryl/α,β-unsaturated/α-hetero) is 1. The number of hydrogen-bond acceptors (Lipinski definition) is 4. The van der Waals surface area contributed by atoms with Crippen LogP contribution in [0, 0.1) is 0 Å². The van der Waals surface area contributed by atoms with Crippen LogP contribution in [-0.4, -0.2) is 52.9 Å². The van der Waals surface area contributed by atoms with E-state index in [0.29, 0.717) is 35.3 Å². The first-order valence-corrected chi connectivity index (χ1v) is 20.9. The highest BCUT2D eigenvalue weighted by Crippen LogP contribution is 2.39. The summed E-state index contributed by atoms with van der Waals surface area (Å²) < 4.78 is 0. The lowest BCUT2D eigenvalue weighted by atomic mass is 9.88. The van der Waals surface area contributed by atoms with Gasteiger partial charge in [-0.3, -0.25) is 24.1 Å². The van der Waals surface area contributed by atoms with Crippen LogP contribution < -0.4 is 0 Å². The van der Waals surface area contributed by atoms with E-state index in [0.717, 1.165) is 99.9 Å². The summed E-state index contributed by atoms with van der Waals surface area (Å²) in [5, 5.41) is 3.31. The highest BCUT2D eigenvalue weighted by molar-refractivity contribution is 6.27. The summed E-state index contributed by atoms with van der Waals surface area (Å²) in [5.74, 6) is -0.486. The molecule has 0 unspecified atom stereocenters. The van der Waals surface area contributed by atoms with Crippen LogP contribution in [0.3, 0.4) is 0 Å². The molecule has 2 aliphatic rings. The predicted molar refractivity (Wildman–Crippen MR) is 231 cm³/mol. The number of carbonyl (C=O) groups excluding carboxylic acids is 4. The van der Waals surface area contributed by atoms with E-state index in [-0.39, 0.29) is 30.0 Å². The first-order chi connectivity index (χ1) is 27.9. The van der Waals surface area contributed by atoms with E-state index < -0.39 is 0 Å². The van der Waals surface area contributed by atoms with Crippen LogP contribution in [0.25, 0.3) is 54.9 Å². The van der Waals surface area contributed by atoms with Crippen molar-refractivity contribution < 1.29 is 19.2 Å². The quantitative estimate of drug-likeness (QED) is 0.0773. The monoisotopic (exact) mass is 754 g/mol. The smallest absolute Gasteiger partial charge is 0.261 e. The van der Waals surface area contributed by atoms with Gasteiger partial charge in [-0.2, -0.15) is 0 Å². The Kier molecular flexibility index (Phi) is 11.1. The Morgan fingerprint density at radius 3 is 1.37 bits per heavy atom. The average Bonchev–Trinajstić information content (AvgIpc) is 3.34. The Morgan fingerprint density at radius 2 is 0.825 bits per heavy atom. The van der Waals surface area contributed by atoms with E-state index >= 15 is 0 Å². The maximum Gasteiger partial charge on any atom is 0.261 e. The molecule has 0 aliphatic carbocycles. The molecule has 3 amide bonds. The van der Waals surface area contributed by atoms with Crippen molar-refractivity contribution in [1.29, 1.82) is 0 Å². The molecule has 6 aromatic rings. The fraction of sp³-hybridized carbons (Fsp3) is 0.294. The van der Waals surface area contributed by atoms with E-state index in [1.54, 1.807) is 4.90 Å². The SMILES string of the molecule is CCCCCCCN1CC(=O)c2ccc(-c3ccc(-c4ccc(-c5ccc6c7c(cccc57)C(=O)N(CCCCCCC)C6=O)cc4)cc3)c3cccc(c23)C1=O. The van der Waals surface area contributed by atoms with Gasteiger partial charge in [-0.1, -0.05) is 156 Å². The van der Waals surface area contributed by atoms with Crippen LogP contribution in [0.1, 0.15) is 119 Å². The van der Waals surface area contributed by atoms with Crippen molar-refractivity contribution in [3.8, 4) is 33.4 Å². The van der Waals surface area contributed by atoms with Crippen LogP contribution in [0.5, 0.6) is 0 Å². The van der Waals surface area contributed by atoms with E-state index in [9.17, 15) is 19.2 Å². The molecule has 0 spiro atoms. The predicted octanol–water partition coefficient (Wildman–Crippen LogP) is 12.2. The van der Waals surface area contributed by atoms with Gasteiger partial charge in [0, 0.05) is 46.1 Å². The standard InChI is InChI=1S/C51H50N2O4/c1-3-5-7-9-11-31-52-33-46(54)42-29-27-38(40-15-13-17-43(47(40)42)49(52)55)36-23-19-34(20-24-36)35-21-25-37(26-22-35)39-28-30-45-48-41(39)16-14-18-44(48)50(56)53(51(45)57)32-12-10-8-6-4-2/h13-30H,3-12,31-33H2,1-2H3. The molecule has 2 aliphatic heterocycles. The number of hydrogen-bond donors (Lipinski definition) is 0. The largest absolute Gasteiger partial charge is 0.331 e. The van der Waals surface area contributed by atoms with E-state index in [4.69, 9.17) is 0 Å². The Hall–Kier alpha value is -5.88. The number of benzene rings is 6. The molecule has 57 heavy (non-hydrogen) atoms. The number of nitrogens with zero attached hydrogens (tertiary/aromatic N) is 2. The van der Waals surface area contributed by atoms with Crippen LogP contribution in [0.4, 0.5) is 0 Å². The summed E-state index contributed by atoms with van der Waals surface area (Å²) in [4.78, 5) is 57.7. The van der Waals surface area contributed by atoms with Gasteiger partial charge in [0.15, 0.2) is 5.78 Å². The molecule has 0 saturated carbocycles. The molecule has 0 saturated heterocycles. The normalized spacial score (nSPS) is 13.9. The number of amides is 3. The third-order valence-corrected chi connectivity index (χ3v) is 11.9. The molecule has 0 atom stereocenters. The number of unbranched alkanes of at least 4 members (excludes halogenated alkanes) is 8. The highest BCUT2D eigenvalue weighted by Gasteiger charge is 2.33. The van der Waals surface area contributed by atoms with Crippen molar-refractivity contribution >= 4 is 45.0 Å². The number of ketones is 1. The number of carbonyl (C=O) groups is 4. The van der Waals surface area contributed by atoms with E-state index in [1.807, 2.05) is 60.7 Å². The molecule has 0 bridgehead atoms. The lowest BCUT2D eigenvalue weighted by Crippen LogP contribution is -2.40. The molecule has 6 nitrogen and oxygen atoms in total. The van der Waals surface area contributed by atoms with Gasteiger partial charge in [0.05, 0.1) is 6.54 Å². The second-order valence-corrected chi connectivity index (χ2v) is 15.7. The molecule has 0 fully saturated rings. The van der Waals surface area contributed by atoms with Gasteiger partial charge < -0.3 is 4.90 Å². The van der Waals surface area contributed by atoms with Crippen molar-refractivity contribution in [2.24, 2.45) is 0 Å². The van der Waals surface area contributed by atoms with Gasteiger partial charge in [0.25, 0.3) is 17.7 Å². The van der Waals surface area contributed by atoms with Crippen molar-refractivity contribution in [2.75, 3.05) is 19.6 Å². The third-order valence-electron chi connectivity index (χ3n) is 11.9. The third kappa shape index (κ3) is 7.30. The maximum atomic E-state index is 13.8. The van der Waals surface area contributed by atoms with Crippen LogP contribution in [0.2, 0.25) is 0 Å². The summed E-state index contributed by atoms with van der Waals surface area (Å²) in [5.41, 5.74) is 8.52. The molecule has 6 heteroatoms. The van der Waals surface area contributed by atoms with Gasteiger partial charge in [-0.15, -0.1) is 0 Å². The van der Waals surface area contributed by atoms with Crippen LogP contribution in [0.15, 0.2) is 109 Å². The van der Waals surface area contributed by atoms with Crippen LogP contribution >= 0.6 is 0 Å². The number of imide groups is 1. The minimum absolute atomic E-state index is 0.0121.